The van der Waals surface area contributed by atoms with E-state index in [9.17, 15) is 0 Å². The predicted molar refractivity (Wildman–Crippen MR) is 231 cm³/mol. The van der Waals surface area contributed by atoms with Crippen molar-refractivity contribution in [3.63, 3.8) is 0 Å². The Bertz CT molecular complexity index is 832. The van der Waals surface area contributed by atoms with Crippen molar-refractivity contribution in [3.05, 3.63) is 18.3 Å². The maximum absolute atomic E-state index is 7.45. The predicted octanol–water partition coefficient (Wildman–Crippen LogP) is 15.0. The maximum Gasteiger partial charge on any atom is 0.496 e. The second kappa shape index (κ2) is 31.2. The van der Waals surface area contributed by atoms with Gasteiger partial charge in [-0.1, -0.05) is 239 Å². The van der Waals surface area contributed by atoms with E-state index < -0.39 is 0 Å². The zero-order valence-corrected chi connectivity index (χ0v) is 35.6. The minimum Gasteiger partial charge on any atom is -0.399 e. The highest BCUT2D eigenvalue weighted by Crippen LogP contribution is 2.50. The lowest BCUT2D eigenvalue weighted by atomic mass is 9.70. The third-order valence-corrected chi connectivity index (χ3v) is 12.3. The Morgan fingerprint density at radius 2 is 0.692 bits per heavy atom. The first-order valence-corrected chi connectivity index (χ1v) is 23.6. The first kappa shape index (κ1) is 47.1. The topological polar surface area (TPSA) is 57.4 Å². The number of nitrogens with two attached hydrogens (primary N) is 1. The molecular formula is C47H89BN2O2. The van der Waals surface area contributed by atoms with Crippen LogP contribution in [0.5, 0.6) is 0 Å². The fourth-order valence-corrected chi connectivity index (χ4v) is 8.92. The summed E-state index contributed by atoms with van der Waals surface area (Å²) in [6.07, 6.45) is 49.6. The normalized spacial score (nSPS) is 15.2. The van der Waals surface area contributed by atoms with E-state index in [0.717, 1.165) is 31.1 Å². The van der Waals surface area contributed by atoms with Gasteiger partial charge in [0.15, 0.2) is 0 Å². The van der Waals surface area contributed by atoms with Crippen LogP contribution in [0.1, 0.15) is 259 Å². The van der Waals surface area contributed by atoms with E-state index in [0.29, 0.717) is 5.82 Å². The molecule has 0 amide bonds. The Balaban J connectivity index is 2.28. The van der Waals surface area contributed by atoms with Gasteiger partial charge in [-0.2, -0.15) is 0 Å². The monoisotopic (exact) mass is 725 g/mol. The highest BCUT2D eigenvalue weighted by atomic mass is 16.7. The summed E-state index contributed by atoms with van der Waals surface area (Å²) in [5.74, 6) is 0.565. The van der Waals surface area contributed by atoms with E-state index in [1.807, 2.05) is 12.3 Å². The molecule has 0 unspecified atom stereocenters. The van der Waals surface area contributed by atoms with Crippen LogP contribution in [0.3, 0.4) is 0 Å². The Morgan fingerprint density at radius 1 is 0.423 bits per heavy atom. The van der Waals surface area contributed by atoms with Gasteiger partial charge in [0.25, 0.3) is 0 Å². The zero-order chi connectivity index (χ0) is 37.4. The number of hydrogen-bond acceptors (Lipinski definition) is 4. The molecule has 0 saturated carbocycles. The molecule has 302 valence electrons. The van der Waals surface area contributed by atoms with Crippen molar-refractivity contribution < 1.29 is 9.31 Å². The first-order valence-electron chi connectivity index (χ1n) is 23.6. The second-order valence-corrected chi connectivity index (χ2v) is 17.0. The molecule has 2 rings (SSSR count). The Kier molecular flexibility index (Phi) is 28.2. The minimum absolute atomic E-state index is 0.230. The third-order valence-electron chi connectivity index (χ3n) is 12.3. The van der Waals surface area contributed by atoms with E-state index in [-0.39, 0.29) is 18.3 Å². The van der Waals surface area contributed by atoms with Crippen LogP contribution in [-0.2, 0) is 9.31 Å². The van der Waals surface area contributed by atoms with Gasteiger partial charge in [0.2, 0.25) is 0 Å². The molecule has 1 aliphatic heterocycles. The van der Waals surface area contributed by atoms with E-state index in [2.05, 4.69) is 38.7 Å². The van der Waals surface area contributed by atoms with Crippen LogP contribution in [0.25, 0.3) is 0 Å². The number of hydrogen-bond donors (Lipinski definition) is 1. The molecule has 1 saturated heterocycles. The van der Waals surface area contributed by atoms with Crippen LogP contribution in [0.4, 0.5) is 5.82 Å². The van der Waals surface area contributed by atoms with Crippen LogP contribution < -0.4 is 11.2 Å². The molecule has 0 spiro atoms. The molecule has 5 heteroatoms. The molecule has 1 aromatic heterocycles. The molecule has 2 heterocycles. The molecule has 4 nitrogen and oxygen atoms in total. The van der Waals surface area contributed by atoms with Gasteiger partial charge in [0.1, 0.15) is 5.82 Å². The van der Waals surface area contributed by atoms with Crippen LogP contribution in [0, 0.1) is 0 Å². The second-order valence-electron chi connectivity index (χ2n) is 17.0. The van der Waals surface area contributed by atoms with Crippen molar-refractivity contribution in [1.82, 2.24) is 4.98 Å². The molecule has 0 bridgehead atoms. The molecule has 52 heavy (non-hydrogen) atoms. The Morgan fingerprint density at radius 3 is 0.942 bits per heavy atom. The van der Waals surface area contributed by atoms with Crippen LogP contribution in [0.15, 0.2) is 18.3 Å². The maximum atomic E-state index is 7.45. The first-order chi connectivity index (χ1) is 25.6. The van der Waals surface area contributed by atoms with E-state index in [4.69, 9.17) is 15.0 Å². The average molecular weight is 725 g/mol. The van der Waals surface area contributed by atoms with Gasteiger partial charge in [-0.3, -0.25) is 0 Å². The van der Waals surface area contributed by atoms with Gasteiger partial charge in [0, 0.05) is 11.7 Å². The zero-order valence-electron chi connectivity index (χ0n) is 35.6. The number of unbranched alkanes of at least 4 members (excludes halogenated alkanes) is 28. The van der Waals surface area contributed by atoms with Gasteiger partial charge in [-0.25, -0.2) is 4.98 Å². The van der Waals surface area contributed by atoms with Crippen molar-refractivity contribution in [3.8, 4) is 0 Å². The highest BCUT2D eigenvalue weighted by molar-refractivity contribution is 6.62. The van der Waals surface area contributed by atoms with E-state index in [1.54, 1.807) is 0 Å². The highest BCUT2D eigenvalue weighted by Gasteiger charge is 2.60. The van der Waals surface area contributed by atoms with Gasteiger partial charge in [-0.05, 0) is 31.7 Å². The number of anilines is 1. The molecule has 0 radical (unpaired) electrons. The largest absolute Gasteiger partial charge is 0.496 e. The molecular weight excluding hydrogens is 635 g/mol. The van der Waals surface area contributed by atoms with Gasteiger partial charge >= 0.3 is 7.12 Å². The van der Waals surface area contributed by atoms with E-state index >= 15 is 0 Å². The van der Waals surface area contributed by atoms with Gasteiger partial charge < -0.3 is 15.0 Å². The summed E-state index contributed by atoms with van der Waals surface area (Å²) in [4.78, 5) is 4.51. The average Bonchev–Trinajstić information content (AvgIpc) is 3.46. The summed E-state index contributed by atoms with van der Waals surface area (Å²) in [6.45, 7) is 9.26. The Labute approximate surface area is 325 Å². The standard InChI is InChI=1S/C47H89BN2O2/c1-5-9-13-17-21-25-29-33-39-46(40-34-30-26-22-18-14-10-6-2)47(41-35-31-27-23-19-15-11-7-3,42-36-32-28-24-20-16-12-8-4)52-48(51-46)44-37-38-45(49)50-43-44/h37-38,43H,5-36,39-42H2,1-4H3,(H2,49,50). The molecule has 0 aromatic carbocycles. The summed E-state index contributed by atoms with van der Waals surface area (Å²) >= 11 is 0. The molecule has 2 N–H and O–H groups in total. The number of nitrogens with zero attached hydrogens (tertiary/aromatic N) is 1. The molecule has 1 fully saturated rings. The van der Waals surface area contributed by atoms with Crippen molar-refractivity contribution in [2.24, 2.45) is 0 Å². The lowest BCUT2D eigenvalue weighted by Gasteiger charge is -2.46. The fourth-order valence-electron chi connectivity index (χ4n) is 8.92. The summed E-state index contributed by atoms with van der Waals surface area (Å²) < 4.78 is 14.9. The minimum atomic E-state index is -0.348. The van der Waals surface area contributed by atoms with Gasteiger partial charge in [0.05, 0.1) is 11.2 Å². The number of pyridine rings is 1. The Hall–Kier alpha value is -1.07. The SMILES string of the molecule is CCCCCCCCCCC1(CCCCCCCCCC)OB(c2ccc(N)nc2)OC1(CCCCCCCCCC)CCCCCCCCCC. The lowest BCUT2D eigenvalue weighted by molar-refractivity contribution is -0.0770. The van der Waals surface area contributed by atoms with Crippen molar-refractivity contribution in [1.29, 1.82) is 0 Å². The number of nitrogen functional groups attached to an aromatic ring is 1. The fraction of sp³-hybridized carbons (Fsp3) is 0.894. The van der Waals surface area contributed by atoms with Crippen molar-refractivity contribution >= 4 is 18.4 Å². The molecule has 0 atom stereocenters. The molecule has 0 aliphatic carbocycles. The number of aromatic nitrogens is 1. The smallest absolute Gasteiger partial charge is 0.399 e. The van der Waals surface area contributed by atoms with Crippen LogP contribution in [-0.4, -0.2) is 23.3 Å². The summed E-state index contributed by atoms with van der Waals surface area (Å²) in [6, 6.07) is 4.03. The van der Waals surface area contributed by atoms with Crippen molar-refractivity contribution in [2.45, 2.75) is 270 Å². The van der Waals surface area contributed by atoms with Crippen LogP contribution in [0.2, 0.25) is 0 Å². The van der Waals surface area contributed by atoms with Gasteiger partial charge in [-0.15, -0.1) is 0 Å². The number of rotatable bonds is 37. The summed E-state index contributed by atoms with van der Waals surface area (Å²) in [5.41, 5.74) is 6.65. The third kappa shape index (κ3) is 19.5. The van der Waals surface area contributed by atoms with Crippen LogP contribution >= 0.6 is 0 Å². The van der Waals surface area contributed by atoms with E-state index in [1.165, 1.54) is 205 Å². The lowest BCUT2D eigenvalue weighted by Crippen LogP contribution is -2.52. The quantitative estimate of drug-likeness (QED) is 0.0548. The van der Waals surface area contributed by atoms with Crippen molar-refractivity contribution in [2.75, 3.05) is 5.73 Å². The molecule has 1 aromatic rings. The molecule has 1 aliphatic rings. The summed E-state index contributed by atoms with van der Waals surface area (Å²) in [5, 5.41) is 0. The summed E-state index contributed by atoms with van der Waals surface area (Å²) in [7, 11) is -0.348.